The standard InChI is InChI=1S/C14H14N2O2/c1-16(12-4-2-3-11(15)9-12)14(18)10-5-7-13(17)8-6-10/h2-9,17H,15H2,1H3. The van der Waals surface area contributed by atoms with E-state index < -0.39 is 0 Å². The number of phenolic OH excluding ortho intramolecular Hbond substituents is 1. The van der Waals surface area contributed by atoms with E-state index in [4.69, 9.17) is 5.73 Å². The maximum Gasteiger partial charge on any atom is 0.258 e. The Kier molecular flexibility index (Phi) is 3.19. The van der Waals surface area contributed by atoms with E-state index in [9.17, 15) is 9.90 Å². The first-order valence-corrected chi connectivity index (χ1v) is 5.50. The Morgan fingerprint density at radius 1 is 1.17 bits per heavy atom. The molecule has 0 unspecified atom stereocenters. The number of anilines is 2. The van der Waals surface area contributed by atoms with Gasteiger partial charge >= 0.3 is 0 Å². The number of carbonyl (C=O) groups excluding carboxylic acids is 1. The van der Waals surface area contributed by atoms with E-state index >= 15 is 0 Å². The third-order valence-electron chi connectivity index (χ3n) is 2.68. The minimum Gasteiger partial charge on any atom is -0.508 e. The minimum absolute atomic E-state index is 0.137. The van der Waals surface area contributed by atoms with Crippen molar-refractivity contribution >= 4 is 17.3 Å². The number of nitrogens with two attached hydrogens (primary N) is 1. The molecule has 0 aromatic heterocycles. The molecule has 0 saturated heterocycles. The second-order valence-corrected chi connectivity index (χ2v) is 4.01. The van der Waals surface area contributed by atoms with Gasteiger partial charge in [-0.25, -0.2) is 0 Å². The summed E-state index contributed by atoms with van der Waals surface area (Å²) in [5, 5.41) is 9.19. The molecule has 4 heteroatoms. The van der Waals surface area contributed by atoms with Gasteiger partial charge in [0.1, 0.15) is 5.75 Å². The van der Waals surface area contributed by atoms with Crippen molar-refractivity contribution in [2.75, 3.05) is 17.7 Å². The monoisotopic (exact) mass is 242 g/mol. The van der Waals surface area contributed by atoms with E-state index in [0.29, 0.717) is 11.3 Å². The fraction of sp³-hybridized carbons (Fsp3) is 0.0714. The number of nitrogen functional groups attached to an aromatic ring is 1. The maximum absolute atomic E-state index is 12.2. The van der Waals surface area contributed by atoms with E-state index in [1.807, 2.05) is 6.07 Å². The molecule has 0 aliphatic rings. The van der Waals surface area contributed by atoms with Gasteiger partial charge in [-0.3, -0.25) is 4.79 Å². The number of benzene rings is 2. The number of carbonyl (C=O) groups is 1. The third kappa shape index (κ3) is 2.43. The number of aromatic hydroxyl groups is 1. The van der Waals surface area contributed by atoms with E-state index in [1.165, 1.54) is 17.0 Å². The molecule has 0 atom stereocenters. The number of hydrogen-bond donors (Lipinski definition) is 2. The van der Waals surface area contributed by atoms with Crippen molar-refractivity contribution in [1.82, 2.24) is 0 Å². The highest BCUT2D eigenvalue weighted by Gasteiger charge is 2.13. The van der Waals surface area contributed by atoms with Crippen LogP contribution < -0.4 is 10.6 Å². The van der Waals surface area contributed by atoms with Gasteiger partial charge in [0.05, 0.1) is 0 Å². The lowest BCUT2D eigenvalue weighted by Gasteiger charge is -2.17. The molecule has 0 radical (unpaired) electrons. The van der Waals surface area contributed by atoms with Crippen LogP contribution in [0.4, 0.5) is 11.4 Å². The number of rotatable bonds is 2. The van der Waals surface area contributed by atoms with Crippen LogP contribution in [0.25, 0.3) is 0 Å². The van der Waals surface area contributed by atoms with Gasteiger partial charge in [0.2, 0.25) is 0 Å². The fourth-order valence-corrected chi connectivity index (χ4v) is 1.65. The molecule has 0 spiro atoms. The zero-order valence-corrected chi connectivity index (χ0v) is 10.00. The van der Waals surface area contributed by atoms with Crippen LogP contribution in [-0.4, -0.2) is 18.1 Å². The molecule has 2 aromatic rings. The quantitative estimate of drug-likeness (QED) is 0.794. The summed E-state index contributed by atoms with van der Waals surface area (Å²) in [6.45, 7) is 0. The molecule has 2 aromatic carbocycles. The summed E-state index contributed by atoms with van der Waals surface area (Å²) in [5.41, 5.74) is 7.53. The second-order valence-electron chi connectivity index (χ2n) is 4.01. The normalized spacial score (nSPS) is 10.1. The third-order valence-corrected chi connectivity index (χ3v) is 2.68. The predicted molar refractivity (Wildman–Crippen MR) is 71.7 cm³/mol. The molecular formula is C14H14N2O2. The molecule has 3 N–H and O–H groups in total. The van der Waals surface area contributed by atoms with Crippen LogP contribution in [0, 0.1) is 0 Å². The Labute approximate surface area is 105 Å². The lowest BCUT2D eigenvalue weighted by molar-refractivity contribution is 0.0993. The SMILES string of the molecule is CN(C(=O)c1ccc(O)cc1)c1cccc(N)c1. The Bertz CT molecular complexity index is 564. The molecule has 0 saturated carbocycles. The molecule has 0 fully saturated rings. The number of amides is 1. The molecule has 92 valence electrons. The van der Waals surface area contributed by atoms with E-state index in [2.05, 4.69) is 0 Å². The molecule has 2 rings (SSSR count). The van der Waals surface area contributed by atoms with E-state index in [1.54, 1.807) is 37.4 Å². The van der Waals surface area contributed by atoms with E-state index in [0.717, 1.165) is 5.69 Å². The zero-order chi connectivity index (χ0) is 13.1. The predicted octanol–water partition coefficient (Wildman–Crippen LogP) is 2.25. The zero-order valence-electron chi connectivity index (χ0n) is 10.00. The van der Waals surface area contributed by atoms with Crippen LogP contribution in [0.15, 0.2) is 48.5 Å². The van der Waals surface area contributed by atoms with Gasteiger partial charge in [0.25, 0.3) is 5.91 Å². The highest BCUT2D eigenvalue weighted by atomic mass is 16.3. The highest BCUT2D eigenvalue weighted by molar-refractivity contribution is 6.05. The highest BCUT2D eigenvalue weighted by Crippen LogP contribution is 2.19. The van der Waals surface area contributed by atoms with Crippen molar-refractivity contribution in [3.8, 4) is 5.75 Å². The molecule has 0 aliphatic carbocycles. The van der Waals surface area contributed by atoms with Crippen molar-refractivity contribution in [3.63, 3.8) is 0 Å². The minimum atomic E-state index is -0.152. The number of nitrogens with zero attached hydrogens (tertiary/aromatic N) is 1. The lowest BCUT2D eigenvalue weighted by atomic mass is 10.2. The summed E-state index contributed by atoms with van der Waals surface area (Å²) in [6.07, 6.45) is 0. The Morgan fingerprint density at radius 3 is 2.44 bits per heavy atom. The smallest absolute Gasteiger partial charge is 0.258 e. The molecule has 0 aliphatic heterocycles. The first-order valence-electron chi connectivity index (χ1n) is 5.50. The number of hydrogen-bond acceptors (Lipinski definition) is 3. The molecule has 0 bridgehead atoms. The van der Waals surface area contributed by atoms with Crippen LogP contribution in [0.3, 0.4) is 0 Å². The van der Waals surface area contributed by atoms with Crippen LogP contribution in [0.1, 0.15) is 10.4 Å². The molecule has 1 amide bonds. The Morgan fingerprint density at radius 2 is 1.83 bits per heavy atom. The van der Waals surface area contributed by atoms with Crippen LogP contribution in [0.2, 0.25) is 0 Å². The van der Waals surface area contributed by atoms with Gasteiger partial charge in [-0.05, 0) is 42.5 Å². The maximum atomic E-state index is 12.2. The van der Waals surface area contributed by atoms with Crippen molar-refractivity contribution in [2.45, 2.75) is 0 Å². The summed E-state index contributed by atoms with van der Waals surface area (Å²) < 4.78 is 0. The van der Waals surface area contributed by atoms with Gasteiger partial charge in [0.15, 0.2) is 0 Å². The first-order chi connectivity index (χ1) is 8.58. The average Bonchev–Trinajstić information content (AvgIpc) is 2.38. The molecule has 18 heavy (non-hydrogen) atoms. The van der Waals surface area contributed by atoms with Gasteiger partial charge in [-0.15, -0.1) is 0 Å². The molecular weight excluding hydrogens is 228 g/mol. The van der Waals surface area contributed by atoms with Crippen molar-refractivity contribution < 1.29 is 9.90 Å². The molecule has 4 nitrogen and oxygen atoms in total. The van der Waals surface area contributed by atoms with Gasteiger partial charge in [-0.1, -0.05) is 6.07 Å². The average molecular weight is 242 g/mol. The summed E-state index contributed by atoms with van der Waals surface area (Å²) in [4.78, 5) is 13.7. The summed E-state index contributed by atoms with van der Waals surface area (Å²) in [6, 6.07) is 13.3. The topological polar surface area (TPSA) is 66.6 Å². The van der Waals surface area contributed by atoms with Crippen molar-refractivity contribution in [2.24, 2.45) is 0 Å². The summed E-state index contributed by atoms with van der Waals surface area (Å²) in [7, 11) is 1.68. The summed E-state index contributed by atoms with van der Waals surface area (Å²) >= 11 is 0. The van der Waals surface area contributed by atoms with E-state index in [-0.39, 0.29) is 11.7 Å². The van der Waals surface area contributed by atoms with Gasteiger partial charge < -0.3 is 15.7 Å². The van der Waals surface area contributed by atoms with Crippen LogP contribution in [-0.2, 0) is 0 Å². The Balaban J connectivity index is 2.26. The largest absolute Gasteiger partial charge is 0.508 e. The first kappa shape index (κ1) is 12.0. The van der Waals surface area contributed by atoms with Gasteiger partial charge in [-0.2, -0.15) is 0 Å². The lowest BCUT2D eigenvalue weighted by Crippen LogP contribution is -2.26. The van der Waals surface area contributed by atoms with Crippen molar-refractivity contribution in [1.29, 1.82) is 0 Å². The Hall–Kier alpha value is -2.49. The summed E-state index contributed by atoms with van der Waals surface area (Å²) in [5.74, 6) is -0.0150. The van der Waals surface area contributed by atoms with Crippen LogP contribution in [0.5, 0.6) is 5.75 Å². The number of phenols is 1. The van der Waals surface area contributed by atoms with Crippen LogP contribution >= 0.6 is 0 Å². The van der Waals surface area contributed by atoms with Crippen molar-refractivity contribution in [3.05, 3.63) is 54.1 Å². The molecule has 0 heterocycles. The second kappa shape index (κ2) is 4.79. The fourth-order valence-electron chi connectivity index (χ4n) is 1.65. The van der Waals surface area contributed by atoms with Gasteiger partial charge in [0, 0.05) is 24.0 Å².